The molecular formula is C21H26N4O2S. The van der Waals surface area contributed by atoms with E-state index in [0.717, 1.165) is 24.2 Å². The van der Waals surface area contributed by atoms with Crippen molar-refractivity contribution in [1.29, 1.82) is 0 Å². The summed E-state index contributed by atoms with van der Waals surface area (Å²) in [5.41, 5.74) is 1.52. The normalized spacial score (nSPS) is 27.8. The van der Waals surface area contributed by atoms with E-state index in [1.807, 2.05) is 28.5 Å². The summed E-state index contributed by atoms with van der Waals surface area (Å²) in [4.78, 5) is 36.1. The topological polar surface area (TPSA) is 75.2 Å². The van der Waals surface area contributed by atoms with Gasteiger partial charge in [0, 0.05) is 30.6 Å². The van der Waals surface area contributed by atoms with Crippen molar-refractivity contribution in [2.24, 2.45) is 17.8 Å². The monoisotopic (exact) mass is 398 g/mol. The Morgan fingerprint density at radius 2 is 2.11 bits per heavy atom. The highest BCUT2D eigenvalue weighted by molar-refractivity contribution is 7.14. The molecule has 6 nitrogen and oxygen atoms in total. The van der Waals surface area contributed by atoms with Crippen molar-refractivity contribution in [2.75, 3.05) is 11.9 Å². The minimum atomic E-state index is -0.306. The van der Waals surface area contributed by atoms with E-state index in [-0.39, 0.29) is 23.8 Å². The quantitative estimate of drug-likeness (QED) is 0.850. The van der Waals surface area contributed by atoms with Crippen LogP contribution in [0.25, 0.3) is 11.4 Å². The summed E-state index contributed by atoms with van der Waals surface area (Å²) >= 11 is 1.38. The maximum atomic E-state index is 12.7. The Hall–Kier alpha value is -2.28. The number of nitrogens with one attached hydrogen (secondary N) is 1. The Labute approximate surface area is 169 Å². The van der Waals surface area contributed by atoms with Crippen molar-refractivity contribution in [2.45, 2.75) is 45.6 Å². The average Bonchev–Trinajstić information content (AvgIpc) is 3.32. The molecule has 2 aliphatic rings. The Morgan fingerprint density at radius 3 is 2.89 bits per heavy atom. The predicted octanol–water partition coefficient (Wildman–Crippen LogP) is 3.82. The van der Waals surface area contributed by atoms with Crippen LogP contribution in [0.1, 0.15) is 39.5 Å². The van der Waals surface area contributed by atoms with Crippen molar-refractivity contribution in [3.63, 3.8) is 0 Å². The van der Waals surface area contributed by atoms with Gasteiger partial charge in [-0.05, 0) is 30.4 Å². The lowest BCUT2D eigenvalue weighted by Crippen LogP contribution is -2.45. The van der Waals surface area contributed by atoms with Crippen LogP contribution in [-0.2, 0) is 9.59 Å². The Bertz CT molecular complexity index is 853. The first kappa shape index (κ1) is 19.1. The third-order valence-electron chi connectivity index (χ3n) is 6.26. The summed E-state index contributed by atoms with van der Waals surface area (Å²) in [6.07, 6.45) is 5.45. The smallest absolute Gasteiger partial charge is 0.231 e. The number of aromatic nitrogens is 2. The number of hydrogen-bond donors (Lipinski definition) is 1. The van der Waals surface area contributed by atoms with Gasteiger partial charge in [0.05, 0.1) is 11.6 Å². The molecule has 0 aromatic carbocycles. The van der Waals surface area contributed by atoms with E-state index in [9.17, 15) is 9.59 Å². The zero-order valence-electron chi connectivity index (χ0n) is 16.3. The highest BCUT2D eigenvalue weighted by Crippen LogP contribution is 2.36. The number of rotatable bonds is 4. The highest BCUT2D eigenvalue weighted by atomic mass is 32.1. The summed E-state index contributed by atoms with van der Waals surface area (Å²) in [7, 11) is 0. The molecular weight excluding hydrogens is 372 g/mol. The van der Waals surface area contributed by atoms with E-state index in [1.54, 1.807) is 6.20 Å². The van der Waals surface area contributed by atoms with E-state index in [0.29, 0.717) is 29.9 Å². The van der Waals surface area contributed by atoms with Gasteiger partial charge in [-0.15, -0.1) is 11.3 Å². The Kier molecular flexibility index (Phi) is 5.44. The van der Waals surface area contributed by atoms with Crippen LogP contribution in [0.5, 0.6) is 0 Å². The number of nitrogens with zero attached hydrogens (tertiary/aromatic N) is 3. The first-order chi connectivity index (χ1) is 13.5. The SMILES string of the molecule is C[C@@H]1[C@@H](C)CCC[C@@H]1N1C[C@H](C(=O)Nc2nc(-c3ccccn3)cs2)CC1=O. The van der Waals surface area contributed by atoms with Crippen LogP contribution in [0, 0.1) is 17.8 Å². The lowest BCUT2D eigenvalue weighted by molar-refractivity contribution is -0.131. The third-order valence-corrected chi connectivity index (χ3v) is 7.01. The molecule has 0 radical (unpaired) electrons. The van der Waals surface area contributed by atoms with Gasteiger partial charge in [-0.3, -0.25) is 14.6 Å². The molecule has 1 saturated carbocycles. The fourth-order valence-corrected chi connectivity index (χ4v) is 5.10. The summed E-state index contributed by atoms with van der Waals surface area (Å²) in [5, 5.41) is 5.34. The number of carbonyl (C=O) groups excluding carboxylic acids is 2. The van der Waals surface area contributed by atoms with Crippen molar-refractivity contribution >= 4 is 28.3 Å². The number of hydrogen-bond acceptors (Lipinski definition) is 5. The van der Waals surface area contributed by atoms with E-state index >= 15 is 0 Å². The second-order valence-corrected chi connectivity index (χ2v) is 8.88. The molecule has 1 aliphatic carbocycles. The molecule has 1 N–H and O–H groups in total. The first-order valence-corrected chi connectivity index (χ1v) is 10.9. The summed E-state index contributed by atoms with van der Waals surface area (Å²) in [6.45, 7) is 5.03. The molecule has 4 atom stereocenters. The third kappa shape index (κ3) is 3.81. The number of carbonyl (C=O) groups is 2. The maximum absolute atomic E-state index is 12.7. The van der Waals surface area contributed by atoms with Gasteiger partial charge in [-0.1, -0.05) is 32.8 Å². The van der Waals surface area contributed by atoms with Gasteiger partial charge in [-0.2, -0.15) is 0 Å². The van der Waals surface area contributed by atoms with Gasteiger partial charge in [0.1, 0.15) is 5.69 Å². The molecule has 0 spiro atoms. The molecule has 148 valence electrons. The van der Waals surface area contributed by atoms with Crippen LogP contribution in [0.4, 0.5) is 5.13 Å². The molecule has 28 heavy (non-hydrogen) atoms. The lowest BCUT2D eigenvalue weighted by Gasteiger charge is -2.40. The van der Waals surface area contributed by atoms with E-state index in [4.69, 9.17) is 0 Å². The molecule has 4 rings (SSSR count). The minimum Gasteiger partial charge on any atom is -0.339 e. The van der Waals surface area contributed by atoms with Crippen LogP contribution in [-0.4, -0.2) is 39.3 Å². The average molecular weight is 399 g/mol. The van der Waals surface area contributed by atoms with Gasteiger partial charge in [0.25, 0.3) is 0 Å². The van der Waals surface area contributed by atoms with Gasteiger partial charge < -0.3 is 10.2 Å². The second kappa shape index (κ2) is 7.99. The number of likely N-dealkylation sites (tertiary alicyclic amines) is 1. The molecule has 2 aromatic heterocycles. The van der Waals surface area contributed by atoms with Crippen LogP contribution < -0.4 is 5.32 Å². The predicted molar refractivity (Wildman–Crippen MR) is 110 cm³/mol. The molecule has 2 fully saturated rings. The zero-order valence-corrected chi connectivity index (χ0v) is 17.1. The van der Waals surface area contributed by atoms with Gasteiger partial charge in [-0.25, -0.2) is 4.98 Å². The molecule has 1 aliphatic heterocycles. The number of anilines is 1. The summed E-state index contributed by atoms with van der Waals surface area (Å²) < 4.78 is 0. The highest BCUT2D eigenvalue weighted by Gasteiger charge is 2.41. The summed E-state index contributed by atoms with van der Waals surface area (Å²) in [5.74, 6) is 0.798. The molecule has 2 amide bonds. The molecule has 1 saturated heterocycles. The van der Waals surface area contributed by atoms with Crippen molar-refractivity contribution in [3.8, 4) is 11.4 Å². The van der Waals surface area contributed by atoms with E-state index < -0.39 is 0 Å². The largest absolute Gasteiger partial charge is 0.339 e. The lowest BCUT2D eigenvalue weighted by atomic mass is 9.77. The van der Waals surface area contributed by atoms with Gasteiger partial charge in [0.2, 0.25) is 11.8 Å². The summed E-state index contributed by atoms with van der Waals surface area (Å²) in [6, 6.07) is 5.92. The Balaban J connectivity index is 1.39. The number of thiazole rings is 1. The molecule has 7 heteroatoms. The van der Waals surface area contributed by atoms with Crippen LogP contribution in [0.15, 0.2) is 29.8 Å². The zero-order chi connectivity index (χ0) is 19.7. The Morgan fingerprint density at radius 1 is 1.25 bits per heavy atom. The van der Waals surface area contributed by atoms with Gasteiger partial charge in [0.15, 0.2) is 5.13 Å². The van der Waals surface area contributed by atoms with E-state index in [2.05, 4.69) is 29.1 Å². The fourth-order valence-electron chi connectivity index (χ4n) is 4.39. The molecule has 0 bridgehead atoms. The molecule has 0 unspecified atom stereocenters. The van der Waals surface area contributed by atoms with Crippen molar-refractivity contribution in [3.05, 3.63) is 29.8 Å². The van der Waals surface area contributed by atoms with Gasteiger partial charge >= 0.3 is 0 Å². The number of amides is 2. The molecule has 2 aromatic rings. The maximum Gasteiger partial charge on any atom is 0.231 e. The van der Waals surface area contributed by atoms with Crippen LogP contribution in [0.2, 0.25) is 0 Å². The fraction of sp³-hybridized carbons (Fsp3) is 0.524. The first-order valence-electron chi connectivity index (χ1n) is 10.00. The van der Waals surface area contributed by atoms with Crippen LogP contribution >= 0.6 is 11.3 Å². The number of pyridine rings is 1. The minimum absolute atomic E-state index is 0.111. The standard InChI is InChI=1S/C21H26N4O2S/c1-13-6-5-8-18(14(13)2)25-11-15(10-19(25)26)20(27)24-21-23-17(12-28-21)16-7-3-4-9-22-16/h3-4,7,9,12-15,18H,5-6,8,10-11H2,1-2H3,(H,23,24,27)/t13-,14+,15+,18-/m0/s1. The second-order valence-electron chi connectivity index (χ2n) is 8.02. The molecule has 3 heterocycles. The van der Waals surface area contributed by atoms with Crippen molar-refractivity contribution in [1.82, 2.24) is 14.9 Å². The van der Waals surface area contributed by atoms with E-state index in [1.165, 1.54) is 17.8 Å². The van der Waals surface area contributed by atoms with Crippen LogP contribution in [0.3, 0.4) is 0 Å². The van der Waals surface area contributed by atoms with Crippen molar-refractivity contribution < 1.29 is 9.59 Å².